The second-order valence-corrected chi connectivity index (χ2v) is 6.65. The first-order valence-electron chi connectivity index (χ1n) is 9.40. The Morgan fingerprint density at radius 1 is 0.929 bits per heavy atom. The van der Waals surface area contributed by atoms with Crippen molar-refractivity contribution in [3.05, 3.63) is 59.7 Å². The average Bonchev–Trinajstić information content (AvgIpc) is 2.77. The van der Waals surface area contributed by atoms with Gasteiger partial charge in [0.15, 0.2) is 0 Å². The predicted octanol–water partition coefficient (Wildman–Crippen LogP) is 3.61. The summed E-state index contributed by atoms with van der Waals surface area (Å²) >= 11 is 0. The topological polar surface area (TPSA) is 65.1 Å². The average molecular weight is 383 g/mol. The van der Waals surface area contributed by atoms with E-state index in [0.717, 1.165) is 19.3 Å². The molecule has 1 heterocycles. The molecule has 2 aromatic rings. The van der Waals surface area contributed by atoms with Crippen LogP contribution in [0.2, 0.25) is 0 Å². The number of amides is 1. The maximum Gasteiger partial charge on any atom is 0.343 e. The Kier molecular flexibility index (Phi) is 6.53. The van der Waals surface area contributed by atoms with Crippen LogP contribution in [0, 0.1) is 0 Å². The fourth-order valence-corrected chi connectivity index (χ4v) is 3.31. The van der Waals surface area contributed by atoms with Gasteiger partial charge >= 0.3 is 5.97 Å². The zero-order valence-corrected chi connectivity index (χ0v) is 16.2. The molecule has 0 saturated carbocycles. The zero-order valence-electron chi connectivity index (χ0n) is 16.2. The van der Waals surface area contributed by atoms with Crippen LogP contribution >= 0.6 is 0 Å². The SMILES string of the molecule is COc1ccc(OC)c(C(=O)O[C@@H](C(=O)N2CCCCC2)c2ccccc2)c1. The first kappa shape index (κ1) is 19.7. The molecular weight excluding hydrogens is 358 g/mol. The van der Waals surface area contributed by atoms with Crippen molar-refractivity contribution in [1.29, 1.82) is 0 Å². The largest absolute Gasteiger partial charge is 0.497 e. The van der Waals surface area contributed by atoms with E-state index in [0.29, 0.717) is 30.2 Å². The highest BCUT2D eigenvalue weighted by molar-refractivity contribution is 5.95. The molecule has 148 valence electrons. The summed E-state index contributed by atoms with van der Waals surface area (Å²) < 4.78 is 16.2. The van der Waals surface area contributed by atoms with Gasteiger partial charge in [-0.05, 0) is 37.5 Å². The molecule has 28 heavy (non-hydrogen) atoms. The van der Waals surface area contributed by atoms with Gasteiger partial charge in [0.05, 0.1) is 14.2 Å². The molecule has 6 nitrogen and oxygen atoms in total. The van der Waals surface area contributed by atoms with Gasteiger partial charge in [0.25, 0.3) is 5.91 Å². The summed E-state index contributed by atoms with van der Waals surface area (Å²) in [5.74, 6) is 0.0467. The Bertz CT molecular complexity index is 815. The third-order valence-electron chi connectivity index (χ3n) is 4.85. The van der Waals surface area contributed by atoms with Gasteiger partial charge < -0.3 is 19.1 Å². The van der Waals surface area contributed by atoms with Crippen LogP contribution in [0.25, 0.3) is 0 Å². The number of ether oxygens (including phenoxy) is 3. The number of piperidine rings is 1. The van der Waals surface area contributed by atoms with Gasteiger partial charge in [-0.1, -0.05) is 30.3 Å². The molecule has 1 aliphatic rings. The molecule has 1 saturated heterocycles. The summed E-state index contributed by atoms with van der Waals surface area (Å²) in [4.78, 5) is 27.8. The van der Waals surface area contributed by atoms with E-state index in [4.69, 9.17) is 14.2 Å². The van der Waals surface area contributed by atoms with Crippen LogP contribution < -0.4 is 9.47 Å². The Labute approximate surface area is 165 Å². The van der Waals surface area contributed by atoms with E-state index >= 15 is 0 Å². The lowest BCUT2D eigenvalue weighted by Gasteiger charge is -2.30. The molecule has 6 heteroatoms. The number of benzene rings is 2. The standard InChI is InChI=1S/C22H25NO5/c1-26-17-11-12-19(27-2)18(15-17)22(25)28-20(16-9-5-3-6-10-16)21(24)23-13-7-4-8-14-23/h3,5-6,9-12,15,20H,4,7-8,13-14H2,1-2H3/t20-/m1/s1. The number of likely N-dealkylation sites (tertiary alicyclic amines) is 1. The molecule has 0 N–H and O–H groups in total. The van der Waals surface area contributed by atoms with Gasteiger partial charge in [0, 0.05) is 18.7 Å². The highest BCUT2D eigenvalue weighted by Gasteiger charge is 2.31. The van der Waals surface area contributed by atoms with E-state index < -0.39 is 12.1 Å². The molecule has 0 aliphatic carbocycles. The summed E-state index contributed by atoms with van der Waals surface area (Å²) in [5, 5.41) is 0. The smallest absolute Gasteiger partial charge is 0.343 e. The number of hydrogen-bond donors (Lipinski definition) is 0. The van der Waals surface area contributed by atoms with Gasteiger partial charge in [0.1, 0.15) is 17.1 Å². The molecule has 1 amide bonds. The van der Waals surface area contributed by atoms with Crippen LogP contribution in [0.4, 0.5) is 0 Å². The number of carbonyl (C=O) groups is 2. The van der Waals surface area contributed by atoms with Crippen molar-refractivity contribution in [3.63, 3.8) is 0 Å². The molecule has 0 radical (unpaired) electrons. The number of methoxy groups -OCH3 is 2. The molecule has 0 aromatic heterocycles. The van der Waals surface area contributed by atoms with E-state index in [1.165, 1.54) is 14.2 Å². The van der Waals surface area contributed by atoms with E-state index in [-0.39, 0.29) is 11.5 Å². The van der Waals surface area contributed by atoms with E-state index in [9.17, 15) is 9.59 Å². The monoisotopic (exact) mass is 383 g/mol. The van der Waals surface area contributed by atoms with Gasteiger partial charge in [-0.2, -0.15) is 0 Å². The summed E-state index contributed by atoms with van der Waals surface area (Å²) in [7, 11) is 3.00. The summed E-state index contributed by atoms with van der Waals surface area (Å²) in [6.45, 7) is 1.37. The minimum Gasteiger partial charge on any atom is -0.497 e. The lowest BCUT2D eigenvalue weighted by atomic mass is 10.1. The molecule has 0 bridgehead atoms. The highest BCUT2D eigenvalue weighted by atomic mass is 16.6. The summed E-state index contributed by atoms with van der Waals surface area (Å²) in [5.41, 5.74) is 0.863. The van der Waals surface area contributed by atoms with Crippen LogP contribution in [0.5, 0.6) is 11.5 Å². The predicted molar refractivity (Wildman–Crippen MR) is 105 cm³/mol. The van der Waals surface area contributed by atoms with Gasteiger partial charge in [-0.25, -0.2) is 4.79 Å². The highest BCUT2D eigenvalue weighted by Crippen LogP contribution is 2.28. The molecule has 0 spiro atoms. The number of rotatable bonds is 6. The minimum absolute atomic E-state index is 0.193. The zero-order chi connectivity index (χ0) is 19.9. The molecule has 1 aliphatic heterocycles. The Morgan fingerprint density at radius 2 is 1.64 bits per heavy atom. The summed E-state index contributed by atoms with van der Waals surface area (Å²) in [6, 6.07) is 14.0. The first-order chi connectivity index (χ1) is 13.6. The molecule has 1 fully saturated rings. The van der Waals surface area contributed by atoms with Crippen molar-refractivity contribution < 1.29 is 23.8 Å². The van der Waals surface area contributed by atoms with Gasteiger partial charge in [-0.15, -0.1) is 0 Å². The second kappa shape index (κ2) is 9.26. The Hall–Kier alpha value is -3.02. The lowest BCUT2D eigenvalue weighted by molar-refractivity contribution is -0.142. The minimum atomic E-state index is -0.997. The van der Waals surface area contributed by atoms with Crippen LogP contribution in [0.1, 0.15) is 41.3 Å². The van der Waals surface area contributed by atoms with Crippen molar-refractivity contribution in [3.8, 4) is 11.5 Å². The number of nitrogens with zero attached hydrogens (tertiary/aromatic N) is 1. The molecule has 3 rings (SSSR count). The fourth-order valence-electron chi connectivity index (χ4n) is 3.31. The van der Waals surface area contributed by atoms with Crippen LogP contribution in [-0.2, 0) is 9.53 Å². The van der Waals surface area contributed by atoms with Crippen LogP contribution in [0.15, 0.2) is 48.5 Å². The molecule has 2 aromatic carbocycles. The maximum absolute atomic E-state index is 13.1. The Balaban J connectivity index is 1.89. The van der Waals surface area contributed by atoms with Crippen molar-refractivity contribution in [2.24, 2.45) is 0 Å². The summed E-state index contributed by atoms with van der Waals surface area (Å²) in [6.07, 6.45) is 2.04. The van der Waals surface area contributed by atoms with E-state index in [1.54, 1.807) is 35.2 Å². The van der Waals surface area contributed by atoms with Crippen LogP contribution in [0.3, 0.4) is 0 Å². The molecule has 1 atom stereocenters. The fraction of sp³-hybridized carbons (Fsp3) is 0.364. The van der Waals surface area contributed by atoms with Gasteiger partial charge in [-0.3, -0.25) is 4.79 Å². The third kappa shape index (κ3) is 4.44. The van der Waals surface area contributed by atoms with Crippen molar-refractivity contribution in [2.75, 3.05) is 27.3 Å². The third-order valence-corrected chi connectivity index (χ3v) is 4.85. The first-order valence-corrected chi connectivity index (χ1v) is 9.40. The van der Waals surface area contributed by atoms with Crippen LogP contribution in [-0.4, -0.2) is 44.1 Å². The van der Waals surface area contributed by atoms with Crippen molar-refractivity contribution in [2.45, 2.75) is 25.4 Å². The normalized spacial score (nSPS) is 14.9. The number of esters is 1. The van der Waals surface area contributed by atoms with E-state index in [2.05, 4.69) is 0 Å². The van der Waals surface area contributed by atoms with Crippen molar-refractivity contribution >= 4 is 11.9 Å². The molecule has 0 unspecified atom stereocenters. The Morgan fingerprint density at radius 3 is 2.29 bits per heavy atom. The lowest BCUT2D eigenvalue weighted by Crippen LogP contribution is -2.40. The maximum atomic E-state index is 13.1. The second-order valence-electron chi connectivity index (χ2n) is 6.65. The van der Waals surface area contributed by atoms with E-state index in [1.807, 2.05) is 18.2 Å². The number of carbonyl (C=O) groups excluding carboxylic acids is 2. The van der Waals surface area contributed by atoms with Gasteiger partial charge in [0.2, 0.25) is 6.10 Å². The number of hydrogen-bond acceptors (Lipinski definition) is 5. The molecular formula is C22H25NO5. The van der Waals surface area contributed by atoms with Crippen molar-refractivity contribution in [1.82, 2.24) is 4.90 Å². The quantitative estimate of drug-likeness (QED) is 0.713.